The van der Waals surface area contributed by atoms with E-state index in [0.29, 0.717) is 0 Å². The highest BCUT2D eigenvalue weighted by Gasteiger charge is 2.20. The van der Waals surface area contributed by atoms with E-state index in [4.69, 9.17) is 0 Å². The van der Waals surface area contributed by atoms with Gasteiger partial charge in [-0.3, -0.25) is 9.78 Å². The molecule has 0 spiro atoms. The van der Waals surface area contributed by atoms with Gasteiger partial charge < -0.3 is 0 Å². The molecule has 0 aliphatic heterocycles. The molecule has 1 aromatic rings. The van der Waals surface area contributed by atoms with Gasteiger partial charge in [0, 0.05) is 10.7 Å². The Morgan fingerprint density at radius 3 is 2.75 bits per heavy atom. The summed E-state index contributed by atoms with van der Waals surface area (Å²) in [5.74, 6) is -1.26. The zero-order chi connectivity index (χ0) is 9.14. The number of alkyl halides is 2. The van der Waals surface area contributed by atoms with Crippen molar-refractivity contribution >= 4 is 21.7 Å². The summed E-state index contributed by atoms with van der Waals surface area (Å²) in [5.41, 5.74) is -0.229. The zero-order valence-corrected chi connectivity index (χ0v) is 7.38. The van der Waals surface area contributed by atoms with Gasteiger partial charge in [0.15, 0.2) is 0 Å². The second kappa shape index (κ2) is 3.71. The van der Waals surface area contributed by atoms with Crippen LogP contribution in [0.15, 0.2) is 22.8 Å². The minimum atomic E-state index is -3.00. The van der Waals surface area contributed by atoms with Crippen molar-refractivity contribution in [3.05, 3.63) is 28.5 Å². The fraction of sp³-hybridized carbons (Fsp3) is 0.143. The SMILES string of the molecule is O=C(c1ncccc1Br)C(F)F. The van der Waals surface area contributed by atoms with Crippen molar-refractivity contribution in [2.75, 3.05) is 0 Å². The number of carbonyl (C=O) groups is 1. The average Bonchev–Trinajstić information content (AvgIpc) is 2.04. The lowest BCUT2D eigenvalue weighted by atomic mass is 10.2. The van der Waals surface area contributed by atoms with Crippen LogP contribution in [0.1, 0.15) is 10.5 Å². The molecular formula is C7H4BrF2NO. The molecule has 0 fully saturated rings. The second-order valence-corrected chi connectivity index (χ2v) is 2.85. The van der Waals surface area contributed by atoms with Gasteiger partial charge in [0.25, 0.3) is 0 Å². The fourth-order valence-electron chi connectivity index (χ4n) is 0.670. The van der Waals surface area contributed by atoms with E-state index in [0.717, 1.165) is 0 Å². The van der Waals surface area contributed by atoms with Crippen LogP contribution in [0.25, 0.3) is 0 Å². The van der Waals surface area contributed by atoms with E-state index in [-0.39, 0.29) is 10.2 Å². The Labute approximate surface area is 75.7 Å². The van der Waals surface area contributed by atoms with Crippen molar-refractivity contribution < 1.29 is 13.6 Å². The molecule has 0 bridgehead atoms. The molecule has 5 heteroatoms. The Bertz CT molecular complexity index is 303. The minimum Gasteiger partial charge on any atom is -0.286 e. The summed E-state index contributed by atoms with van der Waals surface area (Å²) >= 11 is 2.95. The molecule has 64 valence electrons. The first-order valence-electron chi connectivity index (χ1n) is 3.06. The number of carbonyl (C=O) groups excluding carboxylic acids is 1. The molecule has 0 radical (unpaired) electrons. The summed E-state index contributed by atoms with van der Waals surface area (Å²) < 4.78 is 24.1. The van der Waals surface area contributed by atoms with E-state index in [9.17, 15) is 13.6 Å². The Morgan fingerprint density at radius 1 is 1.58 bits per heavy atom. The summed E-state index contributed by atoms with van der Waals surface area (Å²) in [6.45, 7) is 0. The maximum Gasteiger partial charge on any atom is 0.302 e. The molecule has 1 rings (SSSR count). The number of aromatic nitrogens is 1. The van der Waals surface area contributed by atoms with E-state index < -0.39 is 12.2 Å². The van der Waals surface area contributed by atoms with Gasteiger partial charge in [0.2, 0.25) is 5.78 Å². The monoisotopic (exact) mass is 235 g/mol. The van der Waals surface area contributed by atoms with Gasteiger partial charge in [-0.25, -0.2) is 8.78 Å². The first kappa shape index (κ1) is 9.25. The van der Waals surface area contributed by atoms with Crippen LogP contribution in [0.5, 0.6) is 0 Å². The Hall–Kier alpha value is -0.840. The number of hydrogen-bond donors (Lipinski definition) is 0. The predicted octanol–water partition coefficient (Wildman–Crippen LogP) is 2.29. The van der Waals surface area contributed by atoms with E-state index in [1.807, 2.05) is 0 Å². The lowest BCUT2D eigenvalue weighted by molar-refractivity contribution is 0.0672. The number of pyridine rings is 1. The van der Waals surface area contributed by atoms with Crippen LogP contribution in [0, 0.1) is 0 Å². The van der Waals surface area contributed by atoms with E-state index in [2.05, 4.69) is 20.9 Å². The molecule has 0 unspecified atom stereocenters. The Balaban J connectivity index is 3.03. The van der Waals surface area contributed by atoms with Gasteiger partial charge in [-0.2, -0.15) is 0 Å². The van der Waals surface area contributed by atoms with Crippen molar-refractivity contribution in [1.82, 2.24) is 4.98 Å². The van der Waals surface area contributed by atoms with Gasteiger partial charge in [-0.1, -0.05) is 0 Å². The van der Waals surface area contributed by atoms with E-state index >= 15 is 0 Å². The lowest BCUT2D eigenvalue weighted by Gasteiger charge is -1.99. The quantitative estimate of drug-likeness (QED) is 0.737. The smallest absolute Gasteiger partial charge is 0.286 e. The van der Waals surface area contributed by atoms with Crippen LogP contribution in [0.2, 0.25) is 0 Å². The molecule has 12 heavy (non-hydrogen) atoms. The maximum absolute atomic E-state index is 11.9. The summed E-state index contributed by atoms with van der Waals surface area (Å²) in [5, 5.41) is 0. The summed E-state index contributed by atoms with van der Waals surface area (Å²) in [6, 6.07) is 3.04. The third kappa shape index (κ3) is 1.85. The Morgan fingerprint density at radius 2 is 2.25 bits per heavy atom. The van der Waals surface area contributed by atoms with Crippen LogP contribution in [-0.2, 0) is 0 Å². The van der Waals surface area contributed by atoms with Crippen molar-refractivity contribution in [2.24, 2.45) is 0 Å². The number of Topliss-reactive ketones (excluding diaryl/α,β-unsaturated/α-hetero) is 1. The van der Waals surface area contributed by atoms with E-state index in [1.54, 1.807) is 6.07 Å². The van der Waals surface area contributed by atoms with Crippen LogP contribution in [0.3, 0.4) is 0 Å². The molecule has 0 N–H and O–H groups in total. The first-order valence-corrected chi connectivity index (χ1v) is 3.85. The van der Waals surface area contributed by atoms with Crippen molar-refractivity contribution in [3.63, 3.8) is 0 Å². The molecule has 1 heterocycles. The van der Waals surface area contributed by atoms with Gasteiger partial charge in [0.05, 0.1) is 0 Å². The number of halogens is 3. The van der Waals surface area contributed by atoms with Gasteiger partial charge in [-0.05, 0) is 28.1 Å². The van der Waals surface area contributed by atoms with Gasteiger partial charge >= 0.3 is 6.43 Å². The molecule has 0 saturated heterocycles. The third-order valence-corrected chi connectivity index (χ3v) is 1.83. The molecule has 0 atom stereocenters. The molecule has 0 aliphatic carbocycles. The number of ketones is 1. The topological polar surface area (TPSA) is 30.0 Å². The Kier molecular flexibility index (Phi) is 2.86. The summed E-state index contributed by atoms with van der Waals surface area (Å²) in [7, 11) is 0. The highest BCUT2D eigenvalue weighted by atomic mass is 79.9. The summed E-state index contributed by atoms with van der Waals surface area (Å²) in [4.78, 5) is 14.2. The third-order valence-electron chi connectivity index (χ3n) is 1.19. The normalized spacial score (nSPS) is 10.3. The van der Waals surface area contributed by atoms with Crippen molar-refractivity contribution in [1.29, 1.82) is 0 Å². The lowest BCUT2D eigenvalue weighted by Crippen LogP contribution is -2.12. The molecule has 0 aliphatic rings. The molecule has 0 saturated carbocycles. The summed E-state index contributed by atoms with van der Waals surface area (Å²) in [6.07, 6.45) is -1.71. The standard InChI is InChI=1S/C7H4BrF2NO/c8-4-2-1-3-11-5(4)6(12)7(9)10/h1-3,7H. The zero-order valence-electron chi connectivity index (χ0n) is 5.80. The second-order valence-electron chi connectivity index (χ2n) is 2.00. The van der Waals surface area contributed by atoms with E-state index in [1.165, 1.54) is 12.3 Å². The largest absolute Gasteiger partial charge is 0.302 e. The van der Waals surface area contributed by atoms with Crippen LogP contribution in [-0.4, -0.2) is 17.2 Å². The first-order chi connectivity index (χ1) is 5.63. The average molecular weight is 236 g/mol. The fourth-order valence-corrected chi connectivity index (χ4v) is 1.12. The van der Waals surface area contributed by atoms with Crippen LogP contribution >= 0.6 is 15.9 Å². The molecule has 0 amide bonds. The molecule has 1 aromatic heterocycles. The maximum atomic E-state index is 11.9. The van der Waals surface area contributed by atoms with Crippen LogP contribution in [0.4, 0.5) is 8.78 Å². The van der Waals surface area contributed by atoms with Crippen molar-refractivity contribution in [2.45, 2.75) is 6.43 Å². The number of hydrogen-bond acceptors (Lipinski definition) is 2. The molecule has 2 nitrogen and oxygen atoms in total. The number of rotatable bonds is 2. The minimum absolute atomic E-state index is 0.229. The van der Waals surface area contributed by atoms with Gasteiger partial charge in [0.1, 0.15) is 5.69 Å². The molecular weight excluding hydrogens is 232 g/mol. The van der Waals surface area contributed by atoms with Crippen LogP contribution < -0.4 is 0 Å². The highest BCUT2D eigenvalue weighted by molar-refractivity contribution is 9.10. The highest BCUT2D eigenvalue weighted by Crippen LogP contribution is 2.16. The molecule has 0 aromatic carbocycles. The van der Waals surface area contributed by atoms with Gasteiger partial charge in [-0.15, -0.1) is 0 Å². The number of nitrogens with zero attached hydrogens (tertiary/aromatic N) is 1. The van der Waals surface area contributed by atoms with Crippen molar-refractivity contribution in [3.8, 4) is 0 Å². The predicted molar refractivity (Wildman–Crippen MR) is 42.3 cm³/mol.